The van der Waals surface area contributed by atoms with Crippen molar-refractivity contribution >= 4 is 39.5 Å². The molecule has 0 rings (SSSR count). The SMILES string of the molecule is CC/C=C\C/C=C\C/C=C\C/C=C\C/C=C\C/C=C\CCC(=O)OC[C@H](COP(=O)(O)OC[C@@H](O)COP(=O)(O)OC[C@@H](COC(=O)CCCCCCC/C=C\C/C=C\CCCCC)OC(=O)CC/C=C\C/C=C\C/C=C\C/C=C\C/C=C\C/C=C\CC)OC(=O)CCCCCCCCCCCCCCC. The molecule has 0 aromatic heterocycles. The third kappa shape index (κ3) is 76.6. The van der Waals surface area contributed by atoms with Crippen LogP contribution < -0.4 is 0 Å². The molecule has 0 aromatic carbocycles. The predicted octanol–water partition coefficient (Wildman–Crippen LogP) is 23.8. The van der Waals surface area contributed by atoms with Crippen molar-refractivity contribution in [1.29, 1.82) is 0 Å². The van der Waals surface area contributed by atoms with Gasteiger partial charge in [0.25, 0.3) is 0 Å². The molecule has 17 nitrogen and oxygen atoms in total. The van der Waals surface area contributed by atoms with Gasteiger partial charge in [0.15, 0.2) is 12.2 Å². The Morgan fingerprint density at radius 3 is 0.849 bits per heavy atom. The zero-order chi connectivity index (χ0) is 77.4. The second-order valence-electron chi connectivity index (χ2n) is 26.2. The van der Waals surface area contributed by atoms with Crippen LogP contribution in [0.3, 0.4) is 0 Å². The predicted molar refractivity (Wildman–Crippen MR) is 436 cm³/mol. The summed E-state index contributed by atoms with van der Waals surface area (Å²) in [5.74, 6) is -2.39. The van der Waals surface area contributed by atoms with Crippen molar-refractivity contribution in [1.82, 2.24) is 0 Å². The average Bonchev–Trinajstić information content (AvgIpc) is 0.899. The lowest BCUT2D eigenvalue weighted by molar-refractivity contribution is -0.161. The second-order valence-corrected chi connectivity index (χ2v) is 29.2. The van der Waals surface area contributed by atoms with Crippen LogP contribution in [0, 0.1) is 0 Å². The van der Waals surface area contributed by atoms with Crippen LogP contribution in [0.5, 0.6) is 0 Å². The molecular formula is C87H142O17P2. The Morgan fingerprint density at radius 1 is 0.274 bits per heavy atom. The normalized spacial score (nSPS) is 14.7. The fourth-order valence-corrected chi connectivity index (χ4v) is 11.7. The topological polar surface area (TPSA) is 237 Å². The van der Waals surface area contributed by atoms with Gasteiger partial charge in [0.05, 0.1) is 26.4 Å². The van der Waals surface area contributed by atoms with Crippen molar-refractivity contribution in [2.24, 2.45) is 0 Å². The van der Waals surface area contributed by atoms with Crippen molar-refractivity contribution in [2.75, 3.05) is 39.6 Å². The monoisotopic (exact) mass is 1520 g/mol. The average molecular weight is 1520 g/mol. The van der Waals surface area contributed by atoms with Gasteiger partial charge >= 0.3 is 39.5 Å². The minimum Gasteiger partial charge on any atom is -0.462 e. The van der Waals surface area contributed by atoms with E-state index < -0.39 is 97.5 Å². The van der Waals surface area contributed by atoms with Gasteiger partial charge in [-0.25, -0.2) is 9.13 Å². The summed E-state index contributed by atoms with van der Waals surface area (Å²) in [6.45, 7) is 4.43. The molecule has 0 saturated carbocycles. The quantitative estimate of drug-likeness (QED) is 0.0169. The molecule has 0 radical (unpaired) electrons. The van der Waals surface area contributed by atoms with E-state index in [-0.39, 0.29) is 25.7 Å². The molecule has 602 valence electrons. The van der Waals surface area contributed by atoms with Crippen LogP contribution in [-0.4, -0.2) is 96.7 Å². The molecular weight excluding hydrogens is 1380 g/mol. The minimum atomic E-state index is -5.01. The van der Waals surface area contributed by atoms with Crippen LogP contribution in [0.4, 0.5) is 0 Å². The highest BCUT2D eigenvalue weighted by atomic mass is 31.2. The number of ether oxygens (including phenoxy) is 4. The zero-order valence-electron chi connectivity index (χ0n) is 65.8. The van der Waals surface area contributed by atoms with Crippen LogP contribution in [0.15, 0.2) is 170 Å². The highest BCUT2D eigenvalue weighted by Crippen LogP contribution is 2.45. The fraction of sp³-hybridized carbons (Fsp3) is 0.632. The van der Waals surface area contributed by atoms with E-state index >= 15 is 0 Å². The van der Waals surface area contributed by atoms with E-state index in [0.29, 0.717) is 38.5 Å². The first kappa shape index (κ1) is 100. The van der Waals surface area contributed by atoms with Crippen molar-refractivity contribution in [3.05, 3.63) is 170 Å². The van der Waals surface area contributed by atoms with E-state index in [1.165, 1.54) is 70.6 Å². The molecule has 5 atom stereocenters. The molecule has 19 heteroatoms. The molecule has 0 aliphatic heterocycles. The van der Waals surface area contributed by atoms with Crippen LogP contribution in [-0.2, 0) is 65.4 Å². The molecule has 0 aliphatic rings. The lowest BCUT2D eigenvalue weighted by Gasteiger charge is -2.21. The number of aliphatic hydroxyl groups excluding tert-OH is 1. The van der Waals surface area contributed by atoms with Crippen molar-refractivity contribution in [3.63, 3.8) is 0 Å². The number of allylic oxidation sites excluding steroid dienone is 28. The fourth-order valence-electron chi connectivity index (χ4n) is 10.1. The summed E-state index contributed by atoms with van der Waals surface area (Å²) < 4.78 is 68.4. The number of esters is 4. The summed E-state index contributed by atoms with van der Waals surface area (Å²) in [6.07, 6.45) is 92.2. The molecule has 0 fully saturated rings. The van der Waals surface area contributed by atoms with E-state index in [0.717, 1.165) is 135 Å². The number of rotatable bonds is 74. The Morgan fingerprint density at radius 2 is 0.509 bits per heavy atom. The molecule has 0 amide bonds. The number of hydrogen-bond donors (Lipinski definition) is 3. The minimum absolute atomic E-state index is 0.0309. The van der Waals surface area contributed by atoms with E-state index in [1.807, 2.05) is 36.5 Å². The summed E-state index contributed by atoms with van der Waals surface area (Å²) in [6, 6.07) is 0. The lowest BCUT2D eigenvalue weighted by Crippen LogP contribution is -2.30. The van der Waals surface area contributed by atoms with E-state index in [1.54, 1.807) is 0 Å². The zero-order valence-corrected chi connectivity index (χ0v) is 67.6. The number of carbonyl (C=O) groups is 4. The van der Waals surface area contributed by atoms with Crippen LogP contribution >= 0.6 is 15.6 Å². The summed E-state index contributed by atoms with van der Waals surface area (Å²) in [4.78, 5) is 73.0. The first-order chi connectivity index (χ1) is 51.7. The Bertz CT molecular complexity index is 2680. The van der Waals surface area contributed by atoms with Crippen molar-refractivity contribution < 1.29 is 80.2 Å². The molecule has 0 heterocycles. The maximum absolute atomic E-state index is 13.1. The van der Waals surface area contributed by atoms with Crippen LogP contribution in [0.25, 0.3) is 0 Å². The molecule has 0 spiro atoms. The van der Waals surface area contributed by atoms with Crippen molar-refractivity contribution in [2.45, 2.75) is 316 Å². The maximum Gasteiger partial charge on any atom is 0.472 e. The number of aliphatic hydroxyl groups is 1. The van der Waals surface area contributed by atoms with Gasteiger partial charge in [-0.3, -0.25) is 37.3 Å². The van der Waals surface area contributed by atoms with Crippen LogP contribution in [0.1, 0.15) is 297 Å². The third-order valence-corrected chi connectivity index (χ3v) is 18.1. The Hall–Kier alpha value is -5.58. The summed E-state index contributed by atoms with van der Waals surface area (Å²) in [5.41, 5.74) is 0. The molecule has 2 unspecified atom stereocenters. The van der Waals surface area contributed by atoms with Gasteiger partial charge in [0.2, 0.25) is 0 Å². The number of phosphoric acid groups is 2. The van der Waals surface area contributed by atoms with Gasteiger partial charge in [-0.2, -0.15) is 0 Å². The highest BCUT2D eigenvalue weighted by Gasteiger charge is 2.30. The summed E-state index contributed by atoms with van der Waals surface area (Å²) in [5, 5.41) is 10.6. The second kappa shape index (κ2) is 77.6. The number of carbonyl (C=O) groups excluding carboxylic acids is 4. The van der Waals surface area contributed by atoms with Gasteiger partial charge in [0.1, 0.15) is 19.3 Å². The standard InChI is InChI=1S/C87H142O17P2/c1-5-9-13-17-21-25-29-33-36-38-40-42-45-49-52-56-60-64-68-72-85(90)98-77-82(103-86(91)73-69-65-61-57-53-47-32-28-24-20-16-12-8-4)79-101-105(93,94)99-75-81(88)76-100-106(95,96)102-80-83(78-97-84(89)71-67-63-59-55-51-48-44-35-31-27-23-19-15-11-7-3)104-87(92)74-70-66-62-58-54-50-46-43-41-39-37-34-30-26-22-18-14-10-6-2/h9-10,13-14,21-23,25-27,33-37,40-44,49-50,52,54,60,62,64,66,81-83,88H,5-8,11-12,15-20,24,28-32,38-39,45-48,51,53,55-59,61,63,65,67-80H2,1-4H3,(H,93,94)(H,95,96)/b13-9-,14-10-,25-21-,26-22-,27-23-,36-33-,37-34-,42-40-,43-41-,44-35-,52-49-,54-50-,64-60-,66-62-/t81-,82-,83-/m1/s1. The van der Waals surface area contributed by atoms with Crippen molar-refractivity contribution in [3.8, 4) is 0 Å². The molecule has 0 bridgehead atoms. The van der Waals surface area contributed by atoms with Gasteiger partial charge in [-0.05, 0) is 135 Å². The molecule has 0 aliphatic carbocycles. The van der Waals surface area contributed by atoms with Gasteiger partial charge in [-0.15, -0.1) is 0 Å². The Labute approximate surface area is 642 Å². The number of phosphoric ester groups is 2. The summed E-state index contributed by atoms with van der Waals surface area (Å²) >= 11 is 0. The molecule has 0 saturated heterocycles. The summed E-state index contributed by atoms with van der Waals surface area (Å²) in [7, 11) is -10.0. The number of unbranched alkanes of at least 4 members (excludes halogenated alkanes) is 20. The van der Waals surface area contributed by atoms with E-state index in [2.05, 4.69) is 161 Å². The highest BCUT2D eigenvalue weighted by molar-refractivity contribution is 7.47. The van der Waals surface area contributed by atoms with Gasteiger partial charge in [0, 0.05) is 25.7 Å². The molecule has 106 heavy (non-hydrogen) atoms. The maximum atomic E-state index is 13.1. The molecule has 0 aromatic rings. The molecule has 3 N–H and O–H groups in total. The largest absolute Gasteiger partial charge is 0.472 e. The van der Waals surface area contributed by atoms with Crippen LogP contribution in [0.2, 0.25) is 0 Å². The van der Waals surface area contributed by atoms with E-state index in [4.69, 9.17) is 37.0 Å². The first-order valence-corrected chi connectivity index (χ1v) is 43.4. The van der Waals surface area contributed by atoms with Gasteiger partial charge in [-0.1, -0.05) is 307 Å². The lowest BCUT2D eigenvalue weighted by atomic mass is 10.0. The number of hydrogen-bond acceptors (Lipinski definition) is 15. The Balaban J connectivity index is 5.51. The van der Waals surface area contributed by atoms with Gasteiger partial charge < -0.3 is 33.8 Å². The first-order valence-electron chi connectivity index (χ1n) is 40.4. The Kier molecular flexibility index (Phi) is 73.5. The van der Waals surface area contributed by atoms with E-state index in [9.17, 15) is 43.2 Å². The third-order valence-electron chi connectivity index (χ3n) is 16.2. The smallest absolute Gasteiger partial charge is 0.462 e.